The quantitative estimate of drug-likeness (QED) is 0.671. The van der Waals surface area contributed by atoms with Crippen LogP contribution in [0, 0.1) is 6.92 Å². The van der Waals surface area contributed by atoms with Crippen molar-refractivity contribution < 1.29 is 22.7 Å². The van der Waals surface area contributed by atoms with Crippen molar-refractivity contribution >= 4 is 21.8 Å². The number of carbonyl (C=O) groups excluding carboxylic acids is 2. The van der Waals surface area contributed by atoms with Crippen LogP contribution in [0.5, 0.6) is 0 Å². The van der Waals surface area contributed by atoms with Crippen molar-refractivity contribution in [1.29, 1.82) is 0 Å². The number of nitrogens with zero attached hydrogens (tertiary/aromatic N) is 2. The monoisotopic (exact) mass is 409 g/mol. The van der Waals surface area contributed by atoms with Crippen LogP contribution in [-0.4, -0.2) is 75.4 Å². The van der Waals surface area contributed by atoms with Gasteiger partial charge in [0.15, 0.2) is 0 Å². The van der Waals surface area contributed by atoms with Crippen LogP contribution in [0.25, 0.3) is 0 Å². The Morgan fingerprint density at radius 2 is 1.96 bits per heavy atom. The minimum atomic E-state index is -3.65. The van der Waals surface area contributed by atoms with E-state index in [1.807, 2.05) is 4.90 Å². The average molecular weight is 410 g/mol. The summed E-state index contributed by atoms with van der Waals surface area (Å²) >= 11 is 0. The lowest BCUT2D eigenvalue weighted by molar-refractivity contribution is -0.127. The SMILES string of the molecule is Cc1ccc(S(=O)(=O)N2CCOCC2)cc1C(=O)NCCCN1CCCC1=O. The second-order valence-electron chi connectivity index (χ2n) is 7.09. The van der Waals surface area contributed by atoms with Gasteiger partial charge in [-0.2, -0.15) is 4.31 Å². The van der Waals surface area contributed by atoms with Crippen molar-refractivity contribution in [2.24, 2.45) is 0 Å². The Balaban J connectivity index is 1.62. The van der Waals surface area contributed by atoms with Crippen molar-refractivity contribution in [3.63, 3.8) is 0 Å². The molecule has 9 heteroatoms. The molecule has 2 fully saturated rings. The summed E-state index contributed by atoms with van der Waals surface area (Å²) in [5.41, 5.74) is 1.07. The number of hydrogen-bond donors (Lipinski definition) is 1. The summed E-state index contributed by atoms with van der Waals surface area (Å²) in [7, 11) is -3.65. The second-order valence-corrected chi connectivity index (χ2v) is 9.02. The Labute approximate surface area is 165 Å². The molecule has 3 rings (SSSR count). The number of hydrogen-bond acceptors (Lipinski definition) is 5. The Morgan fingerprint density at radius 1 is 1.21 bits per heavy atom. The molecule has 0 bridgehead atoms. The number of aryl methyl sites for hydroxylation is 1. The summed E-state index contributed by atoms with van der Waals surface area (Å²) in [4.78, 5) is 26.1. The van der Waals surface area contributed by atoms with Gasteiger partial charge in [-0.25, -0.2) is 8.42 Å². The topological polar surface area (TPSA) is 96.0 Å². The minimum absolute atomic E-state index is 0.118. The molecule has 0 spiro atoms. The molecule has 28 heavy (non-hydrogen) atoms. The third kappa shape index (κ3) is 4.71. The molecule has 0 aromatic heterocycles. The van der Waals surface area contributed by atoms with Gasteiger partial charge in [0.05, 0.1) is 18.1 Å². The number of ether oxygens (including phenoxy) is 1. The zero-order chi connectivity index (χ0) is 20.1. The molecule has 1 aromatic carbocycles. The highest BCUT2D eigenvalue weighted by Crippen LogP contribution is 2.20. The van der Waals surface area contributed by atoms with Gasteiger partial charge in [0.1, 0.15) is 0 Å². The number of rotatable bonds is 7. The summed E-state index contributed by atoms with van der Waals surface area (Å²) in [5.74, 6) is -0.132. The number of amides is 2. The van der Waals surface area contributed by atoms with Crippen LogP contribution in [-0.2, 0) is 19.6 Å². The lowest BCUT2D eigenvalue weighted by atomic mass is 10.1. The fourth-order valence-electron chi connectivity index (χ4n) is 3.45. The summed E-state index contributed by atoms with van der Waals surface area (Å²) in [5, 5.41) is 2.83. The lowest BCUT2D eigenvalue weighted by Crippen LogP contribution is -2.40. The first-order valence-corrected chi connectivity index (χ1v) is 11.1. The molecule has 154 valence electrons. The molecular weight excluding hydrogens is 382 g/mol. The van der Waals surface area contributed by atoms with Gasteiger partial charge < -0.3 is 15.0 Å². The van der Waals surface area contributed by atoms with Crippen molar-refractivity contribution in [2.45, 2.75) is 31.1 Å². The van der Waals surface area contributed by atoms with E-state index >= 15 is 0 Å². The van der Waals surface area contributed by atoms with Crippen LogP contribution >= 0.6 is 0 Å². The fraction of sp³-hybridized carbons (Fsp3) is 0.579. The molecule has 1 aromatic rings. The van der Waals surface area contributed by atoms with Gasteiger partial charge in [0.25, 0.3) is 5.91 Å². The van der Waals surface area contributed by atoms with Crippen LogP contribution < -0.4 is 5.32 Å². The molecule has 0 radical (unpaired) electrons. The first-order chi connectivity index (χ1) is 13.4. The highest BCUT2D eigenvalue weighted by atomic mass is 32.2. The van der Waals surface area contributed by atoms with E-state index in [9.17, 15) is 18.0 Å². The number of benzene rings is 1. The molecule has 0 aliphatic carbocycles. The van der Waals surface area contributed by atoms with E-state index in [2.05, 4.69) is 5.32 Å². The Morgan fingerprint density at radius 3 is 2.64 bits per heavy atom. The molecule has 2 amide bonds. The van der Waals surface area contributed by atoms with Gasteiger partial charge in [-0.1, -0.05) is 6.07 Å². The molecular formula is C19H27N3O5S. The average Bonchev–Trinajstić information content (AvgIpc) is 3.10. The van der Waals surface area contributed by atoms with Crippen LogP contribution in [0.3, 0.4) is 0 Å². The van der Waals surface area contributed by atoms with Crippen LogP contribution in [0.2, 0.25) is 0 Å². The molecule has 2 heterocycles. The van der Waals surface area contributed by atoms with Gasteiger partial charge in [-0.3, -0.25) is 9.59 Å². The van der Waals surface area contributed by atoms with E-state index in [1.54, 1.807) is 13.0 Å². The highest BCUT2D eigenvalue weighted by molar-refractivity contribution is 7.89. The van der Waals surface area contributed by atoms with E-state index in [1.165, 1.54) is 16.4 Å². The van der Waals surface area contributed by atoms with Gasteiger partial charge in [-0.05, 0) is 37.5 Å². The zero-order valence-electron chi connectivity index (χ0n) is 16.1. The van der Waals surface area contributed by atoms with Gasteiger partial charge >= 0.3 is 0 Å². The van der Waals surface area contributed by atoms with E-state index in [-0.39, 0.29) is 16.7 Å². The fourth-order valence-corrected chi connectivity index (χ4v) is 4.88. The number of morpholine rings is 1. The van der Waals surface area contributed by atoms with Gasteiger partial charge in [0, 0.05) is 44.7 Å². The van der Waals surface area contributed by atoms with Crippen molar-refractivity contribution in [2.75, 3.05) is 45.9 Å². The molecule has 1 N–H and O–H groups in total. The van der Waals surface area contributed by atoms with Crippen LogP contribution in [0.4, 0.5) is 0 Å². The summed E-state index contributed by atoms with van der Waals surface area (Å²) in [6.45, 7) is 5.00. The normalized spacial score (nSPS) is 18.5. The predicted octanol–water partition coefficient (Wildman–Crippen LogP) is 0.758. The van der Waals surface area contributed by atoms with Crippen LogP contribution in [0.1, 0.15) is 35.2 Å². The summed E-state index contributed by atoms with van der Waals surface area (Å²) in [6, 6.07) is 4.64. The number of sulfonamides is 1. The van der Waals surface area contributed by atoms with Crippen LogP contribution in [0.15, 0.2) is 23.1 Å². The van der Waals surface area contributed by atoms with E-state index in [4.69, 9.17) is 4.74 Å². The molecule has 0 unspecified atom stereocenters. The Kier molecular flexibility index (Phi) is 6.69. The Hall–Kier alpha value is -1.97. The molecule has 2 aliphatic rings. The van der Waals surface area contributed by atoms with Crippen molar-refractivity contribution in [3.8, 4) is 0 Å². The standard InChI is InChI=1S/C19H27N3O5S/c1-15-5-6-16(28(25,26)22-10-12-27-13-11-22)14-17(15)19(24)20-7-3-9-21-8-2-4-18(21)23/h5-6,14H,2-4,7-13H2,1H3,(H,20,24). The number of likely N-dealkylation sites (tertiary alicyclic amines) is 1. The van der Waals surface area contributed by atoms with E-state index in [0.29, 0.717) is 63.4 Å². The molecule has 0 saturated carbocycles. The first kappa shape index (κ1) is 20.8. The van der Waals surface area contributed by atoms with E-state index < -0.39 is 10.0 Å². The Bertz CT molecular complexity index is 834. The third-order valence-electron chi connectivity index (χ3n) is 5.12. The second kappa shape index (κ2) is 9.02. The molecule has 2 aliphatic heterocycles. The third-order valence-corrected chi connectivity index (χ3v) is 7.02. The number of nitrogens with one attached hydrogen (secondary N) is 1. The number of carbonyl (C=O) groups is 2. The van der Waals surface area contributed by atoms with Crippen molar-refractivity contribution in [3.05, 3.63) is 29.3 Å². The summed E-state index contributed by atoms with van der Waals surface area (Å²) in [6.07, 6.45) is 2.17. The molecule has 8 nitrogen and oxygen atoms in total. The smallest absolute Gasteiger partial charge is 0.251 e. The lowest BCUT2D eigenvalue weighted by Gasteiger charge is -2.26. The van der Waals surface area contributed by atoms with E-state index in [0.717, 1.165) is 13.0 Å². The van der Waals surface area contributed by atoms with Gasteiger partial charge in [-0.15, -0.1) is 0 Å². The maximum Gasteiger partial charge on any atom is 0.251 e. The highest BCUT2D eigenvalue weighted by Gasteiger charge is 2.27. The molecule has 0 atom stereocenters. The maximum absolute atomic E-state index is 12.8. The summed E-state index contributed by atoms with van der Waals surface area (Å²) < 4.78 is 32.2. The maximum atomic E-state index is 12.8. The largest absolute Gasteiger partial charge is 0.379 e. The predicted molar refractivity (Wildman–Crippen MR) is 104 cm³/mol. The minimum Gasteiger partial charge on any atom is -0.379 e. The van der Waals surface area contributed by atoms with Crippen molar-refractivity contribution in [1.82, 2.24) is 14.5 Å². The molecule has 2 saturated heterocycles. The zero-order valence-corrected chi connectivity index (χ0v) is 17.0. The van der Waals surface area contributed by atoms with Gasteiger partial charge in [0.2, 0.25) is 15.9 Å². The first-order valence-electron chi connectivity index (χ1n) is 9.64.